The molecule has 23 heavy (non-hydrogen) atoms. The Bertz CT molecular complexity index is 868. The Balaban J connectivity index is 1.60. The average molecular weight is 306 g/mol. The molecule has 5 nitrogen and oxygen atoms in total. The molecule has 2 aromatic heterocycles. The number of nitrogens with zero attached hydrogens (tertiary/aromatic N) is 2. The molecule has 1 aliphatic rings. The van der Waals surface area contributed by atoms with Gasteiger partial charge in [-0.05, 0) is 37.1 Å². The van der Waals surface area contributed by atoms with E-state index in [9.17, 15) is 4.79 Å². The highest BCUT2D eigenvalue weighted by Gasteiger charge is 2.21. The zero-order chi connectivity index (χ0) is 15.6. The number of hydrogen-bond acceptors (Lipinski definition) is 3. The third-order valence-corrected chi connectivity index (χ3v) is 4.39. The minimum Gasteiger partial charge on any atom is -0.305 e. The molecule has 5 heteroatoms. The van der Waals surface area contributed by atoms with Gasteiger partial charge >= 0.3 is 0 Å². The lowest BCUT2D eigenvalue weighted by molar-refractivity contribution is 0.102. The van der Waals surface area contributed by atoms with Crippen LogP contribution in [-0.4, -0.2) is 21.1 Å². The van der Waals surface area contributed by atoms with Gasteiger partial charge in [0.15, 0.2) is 5.69 Å². The van der Waals surface area contributed by atoms with Gasteiger partial charge in [-0.3, -0.25) is 9.89 Å². The monoisotopic (exact) mass is 306 g/mol. The molecule has 0 aliphatic heterocycles. The van der Waals surface area contributed by atoms with Crippen molar-refractivity contribution < 1.29 is 4.79 Å². The molecule has 2 N–H and O–H groups in total. The van der Waals surface area contributed by atoms with Gasteiger partial charge in [0.05, 0.1) is 0 Å². The van der Waals surface area contributed by atoms with Crippen molar-refractivity contribution in [1.29, 1.82) is 0 Å². The van der Waals surface area contributed by atoms with E-state index in [1.807, 2.05) is 30.3 Å². The molecule has 0 atom stereocenters. The Hall–Kier alpha value is -2.69. The van der Waals surface area contributed by atoms with Gasteiger partial charge in [0.25, 0.3) is 5.91 Å². The second-order valence-corrected chi connectivity index (χ2v) is 5.96. The van der Waals surface area contributed by atoms with Gasteiger partial charge in [0.2, 0.25) is 0 Å². The van der Waals surface area contributed by atoms with Gasteiger partial charge in [-0.15, -0.1) is 0 Å². The number of anilines is 1. The average Bonchev–Trinajstić information content (AvgIpc) is 2.84. The SMILES string of the molecule is O=C(Nc1cc2ccccc2cn1)c1n[nH]c2c1CCCCC2. The minimum atomic E-state index is -0.188. The summed E-state index contributed by atoms with van der Waals surface area (Å²) in [6.07, 6.45) is 7.14. The molecule has 0 unspecified atom stereocenters. The number of H-pyrrole nitrogens is 1. The van der Waals surface area contributed by atoms with Crippen molar-refractivity contribution in [2.45, 2.75) is 32.1 Å². The van der Waals surface area contributed by atoms with Crippen molar-refractivity contribution in [3.05, 3.63) is 53.5 Å². The summed E-state index contributed by atoms with van der Waals surface area (Å²) in [7, 11) is 0. The quantitative estimate of drug-likeness (QED) is 0.712. The molecule has 1 aromatic carbocycles. The molecule has 0 radical (unpaired) electrons. The Morgan fingerprint density at radius 3 is 2.83 bits per heavy atom. The second kappa shape index (κ2) is 5.83. The van der Waals surface area contributed by atoms with Gasteiger partial charge < -0.3 is 5.32 Å². The number of aromatic nitrogens is 3. The number of aromatic amines is 1. The van der Waals surface area contributed by atoms with E-state index in [2.05, 4.69) is 20.5 Å². The van der Waals surface area contributed by atoms with E-state index in [1.165, 1.54) is 6.42 Å². The first-order valence-corrected chi connectivity index (χ1v) is 8.03. The van der Waals surface area contributed by atoms with Crippen LogP contribution in [0.4, 0.5) is 5.82 Å². The summed E-state index contributed by atoms with van der Waals surface area (Å²) < 4.78 is 0. The first kappa shape index (κ1) is 13.9. The predicted molar refractivity (Wildman–Crippen MR) is 89.5 cm³/mol. The summed E-state index contributed by atoms with van der Waals surface area (Å²) >= 11 is 0. The van der Waals surface area contributed by atoms with Crippen molar-refractivity contribution in [1.82, 2.24) is 15.2 Å². The van der Waals surface area contributed by atoms with Gasteiger partial charge in [0.1, 0.15) is 5.82 Å². The number of hydrogen-bond donors (Lipinski definition) is 2. The molecule has 4 rings (SSSR count). The van der Waals surface area contributed by atoms with Crippen molar-refractivity contribution in [2.24, 2.45) is 0 Å². The van der Waals surface area contributed by atoms with E-state index in [0.29, 0.717) is 11.5 Å². The maximum Gasteiger partial charge on any atom is 0.277 e. The molecule has 0 bridgehead atoms. The number of aryl methyl sites for hydroxylation is 1. The summed E-state index contributed by atoms with van der Waals surface area (Å²) in [5.41, 5.74) is 2.69. The topological polar surface area (TPSA) is 70.7 Å². The van der Waals surface area contributed by atoms with E-state index >= 15 is 0 Å². The van der Waals surface area contributed by atoms with Crippen LogP contribution in [0.2, 0.25) is 0 Å². The zero-order valence-corrected chi connectivity index (χ0v) is 12.8. The zero-order valence-electron chi connectivity index (χ0n) is 12.8. The van der Waals surface area contributed by atoms with Crippen molar-refractivity contribution in [3.63, 3.8) is 0 Å². The number of nitrogens with one attached hydrogen (secondary N) is 2. The first-order valence-electron chi connectivity index (χ1n) is 8.03. The second-order valence-electron chi connectivity index (χ2n) is 5.96. The summed E-state index contributed by atoms with van der Waals surface area (Å²) in [6.45, 7) is 0. The Labute approximate surface area is 134 Å². The van der Waals surface area contributed by atoms with Gasteiger partial charge in [0, 0.05) is 22.8 Å². The van der Waals surface area contributed by atoms with E-state index in [1.54, 1.807) is 6.20 Å². The smallest absolute Gasteiger partial charge is 0.277 e. The van der Waals surface area contributed by atoms with Gasteiger partial charge in [-0.25, -0.2) is 4.98 Å². The van der Waals surface area contributed by atoms with E-state index in [-0.39, 0.29) is 5.91 Å². The number of rotatable bonds is 2. The van der Waals surface area contributed by atoms with Crippen molar-refractivity contribution in [2.75, 3.05) is 5.32 Å². The van der Waals surface area contributed by atoms with Crippen molar-refractivity contribution in [3.8, 4) is 0 Å². The lowest BCUT2D eigenvalue weighted by Crippen LogP contribution is -2.15. The van der Waals surface area contributed by atoms with Crippen LogP contribution in [0.15, 0.2) is 36.5 Å². The fraction of sp³-hybridized carbons (Fsp3) is 0.278. The highest BCUT2D eigenvalue weighted by atomic mass is 16.2. The van der Waals surface area contributed by atoms with Crippen LogP contribution in [0.3, 0.4) is 0 Å². The predicted octanol–water partition coefficient (Wildman–Crippen LogP) is 3.48. The number of amides is 1. The molecule has 116 valence electrons. The molecule has 0 fully saturated rings. The fourth-order valence-corrected chi connectivity index (χ4v) is 3.17. The Kier molecular flexibility index (Phi) is 3.54. The van der Waals surface area contributed by atoms with Gasteiger partial charge in [-0.1, -0.05) is 30.7 Å². The minimum absolute atomic E-state index is 0.188. The molecular weight excluding hydrogens is 288 g/mol. The lowest BCUT2D eigenvalue weighted by Gasteiger charge is -2.06. The standard InChI is InChI=1S/C18H18N4O/c23-18(17-14-8-2-1-3-9-15(14)21-22-17)20-16-10-12-6-4-5-7-13(12)11-19-16/h4-7,10-11H,1-3,8-9H2,(H,21,22)(H,19,20,23). The Morgan fingerprint density at radius 1 is 1.09 bits per heavy atom. The molecular formula is C18H18N4O. The van der Waals surface area contributed by atoms with E-state index in [4.69, 9.17) is 0 Å². The number of carbonyl (C=O) groups is 1. The van der Waals surface area contributed by atoms with Crippen LogP contribution in [-0.2, 0) is 12.8 Å². The Morgan fingerprint density at radius 2 is 1.91 bits per heavy atom. The normalized spacial score (nSPS) is 14.3. The highest BCUT2D eigenvalue weighted by Crippen LogP contribution is 2.23. The maximum atomic E-state index is 12.6. The summed E-state index contributed by atoms with van der Waals surface area (Å²) in [6, 6.07) is 9.84. The molecule has 0 saturated heterocycles. The van der Waals surface area contributed by atoms with Gasteiger partial charge in [-0.2, -0.15) is 5.10 Å². The van der Waals surface area contributed by atoms with E-state index < -0.39 is 0 Å². The molecule has 1 aliphatic carbocycles. The largest absolute Gasteiger partial charge is 0.305 e. The first-order chi connectivity index (χ1) is 11.3. The summed E-state index contributed by atoms with van der Waals surface area (Å²) in [5, 5.41) is 12.2. The highest BCUT2D eigenvalue weighted by molar-refractivity contribution is 6.04. The van der Waals surface area contributed by atoms with Crippen LogP contribution in [0, 0.1) is 0 Å². The third kappa shape index (κ3) is 2.70. The molecule has 3 aromatic rings. The van der Waals surface area contributed by atoms with Crippen LogP contribution < -0.4 is 5.32 Å². The number of benzene rings is 1. The fourth-order valence-electron chi connectivity index (χ4n) is 3.17. The molecule has 1 amide bonds. The number of carbonyl (C=O) groups excluding carboxylic acids is 1. The summed E-state index contributed by atoms with van der Waals surface area (Å²) in [4.78, 5) is 16.9. The van der Waals surface area contributed by atoms with Crippen molar-refractivity contribution >= 4 is 22.5 Å². The van der Waals surface area contributed by atoms with Crippen LogP contribution >= 0.6 is 0 Å². The maximum absolute atomic E-state index is 12.6. The molecule has 2 heterocycles. The van der Waals surface area contributed by atoms with E-state index in [0.717, 1.165) is 47.7 Å². The van der Waals surface area contributed by atoms with Crippen LogP contribution in [0.1, 0.15) is 41.0 Å². The summed E-state index contributed by atoms with van der Waals surface area (Å²) in [5.74, 6) is 0.367. The lowest BCUT2D eigenvalue weighted by atomic mass is 10.1. The number of fused-ring (bicyclic) bond motifs is 2. The molecule has 0 saturated carbocycles. The molecule has 0 spiro atoms. The van der Waals surface area contributed by atoms with Crippen LogP contribution in [0.25, 0.3) is 10.8 Å². The number of pyridine rings is 1. The third-order valence-electron chi connectivity index (χ3n) is 4.39. The van der Waals surface area contributed by atoms with Crippen LogP contribution in [0.5, 0.6) is 0 Å².